The van der Waals surface area contributed by atoms with Crippen LogP contribution < -0.4 is 10.6 Å². The summed E-state index contributed by atoms with van der Waals surface area (Å²) in [7, 11) is 1.89. The minimum Gasteiger partial charge on any atom is -0.374 e. The van der Waals surface area contributed by atoms with Gasteiger partial charge in [-0.25, -0.2) is 0 Å². The third-order valence-electron chi connectivity index (χ3n) is 2.62. The molecule has 4 nitrogen and oxygen atoms in total. The Bertz CT molecular complexity index is 391. The molecule has 0 bridgehead atoms. The molecule has 0 unspecified atom stereocenters. The second-order valence-corrected chi connectivity index (χ2v) is 4.82. The second kappa shape index (κ2) is 8.67. The van der Waals surface area contributed by atoms with E-state index >= 15 is 0 Å². The highest BCUT2D eigenvalue weighted by Crippen LogP contribution is 2.12. The molecule has 0 aliphatic heterocycles. The molecule has 0 fully saturated rings. The van der Waals surface area contributed by atoms with E-state index in [9.17, 15) is 4.79 Å². The van der Waals surface area contributed by atoms with Gasteiger partial charge in [-0.1, -0.05) is 12.1 Å². The molecule has 106 valence electrons. The minimum atomic E-state index is 0.0529. The molecule has 19 heavy (non-hydrogen) atoms. The predicted molar refractivity (Wildman–Crippen MR) is 78.2 cm³/mol. The Hall–Kier alpha value is -1.39. The first kappa shape index (κ1) is 15.7. The van der Waals surface area contributed by atoms with Gasteiger partial charge in [0.05, 0.1) is 12.7 Å². The van der Waals surface area contributed by atoms with Gasteiger partial charge in [-0.05, 0) is 51.6 Å². The SMILES string of the molecule is CNCCCC(=O)Nc1cccc(COC(C)C)c1. The Morgan fingerprint density at radius 3 is 2.84 bits per heavy atom. The maximum atomic E-state index is 11.7. The van der Waals surface area contributed by atoms with E-state index in [1.54, 1.807) is 0 Å². The monoisotopic (exact) mass is 264 g/mol. The van der Waals surface area contributed by atoms with Gasteiger partial charge >= 0.3 is 0 Å². The molecule has 0 spiro atoms. The van der Waals surface area contributed by atoms with Crippen LogP contribution in [0.4, 0.5) is 5.69 Å². The molecule has 0 heterocycles. The van der Waals surface area contributed by atoms with Gasteiger partial charge in [-0.3, -0.25) is 4.79 Å². The van der Waals surface area contributed by atoms with E-state index in [1.165, 1.54) is 0 Å². The minimum absolute atomic E-state index is 0.0529. The van der Waals surface area contributed by atoms with Crippen LogP contribution in [0.1, 0.15) is 32.3 Å². The fourth-order valence-electron chi connectivity index (χ4n) is 1.65. The number of hydrogen-bond acceptors (Lipinski definition) is 3. The number of nitrogens with one attached hydrogen (secondary N) is 2. The molecule has 0 aromatic heterocycles. The van der Waals surface area contributed by atoms with Gasteiger partial charge in [0.25, 0.3) is 0 Å². The van der Waals surface area contributed by atoms with Crippen molar-refractivity contribution in [3.8, 4) is 0 Å². The molecule has 0 radical (unpaired) electrons. The van der Waals surface area contributed by atoms with E-state index < -0.39 is 0 Å². The van der Waals surface area contributed by atoms with Crippen LogP contribution >= 0.6 is 0 Å². The van der Waals surface area contributed by atoms with Crippen LogP contribution in [0.2, 0.25) is 0 Å². The van der Waals surface area contributed by atoms with Crippen LogP contribution in [-0.4, -0.2) is 25.6 Å². The molecular weight excluding hydrogens is 240 g/mol. The highest BCUT2D eigenvalue weighted by atomic mass is 16.5. The lowest BCUT2D eigenvalue weighted by molar-refractivity contribution is -0.116. The fraction of sp³-hybridized carbons (Fsp3) is 0.533. The Morgan fingerprint density at radius 1 is 1.37 bits per heavy atom. The van der Waals surface area contributed by atoms with Crippen LogP contribution in [0.15, 0.2) is 24.3 Å². The molecule has 1 rings (SSSR count). The molecule has 0 saturated carbocycles. The maximum Gasteiger partial charge on any atom is 0.224 e. The molecule has 0 atom stereocenters. The average molecular weight is 264 g/mol. The van der Waals surface area contributed by atoms with Crippen molar-refractivity contribution in [1.29, 1.82) is 0 Å². The van der Waals surface area contributed by atoms with Crippen molar-refractivity contribution in [3.05, 3.63) is 29.8 Å². The van der Waals surface area contributed by atoms with Crippen molar-refractivity contribution < 1.29 is 9.53 Å². The molecule has 1 amide bonds. The Morgan fingerprint density at radius 2 is 2.16 bits per heavy atom. The Kier molecular flexibility index (Phi) is 7.15. The Balaban J connectivity index is 2.45. The summed E-state index contributed by atoms with van der Waals surface area (Å²) in [5.41, 5.74) is 1.90. The molecule has 1 aromatic carbocycles. The standard InChI is InChI=1S/C15H24N2O2/c1-12(2)19-11-13-6-4-7-14(10-13)17-15(18)8-5-9-16-3/h4,6-7,10,12,16H,5,8-9,11H2,1-3H3,(H,17,18). The lowest BCUT2D eigenvalue weighted by Crippen LogP contribution is -2.15. The number of carbonyl (C=O) groups excluding carboxylic acids is 1. The molecule has 0 aliphatic rings. The van der Waals surface area contributed by atoms with Crippen LogP contribution in [0.5, 0.6) is 0 Å². The zero-order valence-electron chi connectivity index (χ0n) is 12.0. The first-order chi connectivity index (χ1) is 9.11. The average Bonchev–Trinajstić information content (AvgIpc) is 2.37. The highest BCUT2D eigenvalue weighted by molar-refractivity contribution is 5.90. The summed E-state index contributed by atoms with van der Waals surface area (Å²) in [5.74, 6) is 0.0529. The zero-order chi connectivity index (χ0) is 14.1. The van der Waals surface area contributed by atoms with Gasteiger partial charge in [0.2, 0.25) is 5.91 Å². The number of rotatable bonds is 8. The van der Waals surface area contributed by atoms with Gasteiger partial charge in [0, 0.05) is 12.1 Å². The van der Waals surface area contributed by atoms with E-state index in [2.05, 4.69) is 10.6 Å². The van der Waals surface area contributed by atoms with Crippen LogP contribution in [0, 0.1) is 0 Å². The van der Waals surface area contributed by atoms with Crippen molar-refractivity contribution in [3.63, 3.8) is 0 Å². The highest BCUT2D eigenvalue weighted by Gasteiger charge is 2.03. The summed E-state index contributed by atoms with van der Waals surface area (Å²) in [6.45, 7) is 5.44. The topological polar surface area (TPSA) is 50.4 Å². The van der Waals surface area contributed by atoms with Crippen LogP contribution in [0.25, 0.3) is 0 Å². The van der Waals surface area contributed by atoms with E-state index in [0.29, 0.717) is 13.0 Å². The largest absolute Gasteiger partial charge is 0.374 e. The number of anilines is 1. The summed E-state index contributed by atoms with van der Waals surface area (Å²) in [6.07, 6.45) is 1.59. The fourth-order valence-corrected chi connectivity index (χ4v) is 1.65. The van der Waals surface area contributed by atoms with Gasteiger partial charge in [0.15, 0.2) is 0 Å². The normalized spacial score (nSPS) is 10.7. The van der Waals surface area contributed by atoms with Crippen molar-refractivity contribution in [1.82, 2.24) is 5.32 Å². The summed E-state index contributed by atoms with van der Waals surface area (Å²) in [5, 5.41) is 5.93. The smallest absolute Gasteiger partial charge is 0.224 e. The van der Waals surface area contributed by atoms with Crippen molar-refractivity contribution in [2.24, 2.45) is 0 Å². The number of amides is 1. The predicted octanol–water partition coefficient (Wildman–Crippen LogP) is 2.55. The zero-order valence-corrected chi connectivity index (χ0v) is 12.0. The van der Waals surface area contributed by atoms with Crippen molar-refractivity contribution >= 4 is 11.6 Å². The van der Waals surface area contributed by atoms with E-state index in [-0.39, 0.29) is 12.0 Å². The molecule has 0 aliphatic carbocycles. The lowest BCUT2D eigenvalue weighted by Gasteiger charge is -2.10. The van der Waals surface area contributed by atoms with Crippen molar-refractivity contribution in [2.45, 2.75) is 39.4 Å². The van der Waals surface area contributed by atoms with Gasteiger partial charge in [-0.15, -0.1) is 0 Å². The van der Waals surface area contributed by atoms with Crippen LogP contribution in [-0.2, 0) is 16.1 Å². The maximum absolute atomic E-state index is 11.7. The number of ether oxygens (including phenoxy) is 1. The summed E-state index contributed by atoms with van der Waals surface area (Å²) < 4.78 is 5.55. The van der Waals surface area contributed by atoms with Crippen LogP contribution in [0.3, 0.4) is 0 Å². The first-order valence-electron chi connectivity index (χ1n) is 6.77. The second-order valence-electron chi connectivity index (χ2n) is 4.82. The molecular formula is C15H24N2O2. The van der Waals surface area contributed by atoms with E-state index in [4.69, 9.17) is 4.74 Å². The van der Waals surface area contributed by atoms with Gasteiger partial charge < -0.3 is 15.4 Å². The summed E-state index contributed by atoms with van der Waals surface area (Å²) in [6, 6.07) is 7.79. The third kappa shape index (κ3) is 6.94. The third-order valence-corrected chi connectivity index (χ3v) is 2.62. The Labute approximate surface area is 115 Å². The van der Waals surface area contributed by atoms with Gasteiger partial charge in [-0.2, -0.15) is 0 Å². The van der Waals surface area contributed by atoms with Crippen molar-refractivity contribution in [2.75, 3.05) is 18.9 Å². The number of carbonyl (C=O) groups is 1. The van der Waals surface area contributed by atoms with E-state index in [0.717, 1.165) is 24.2 Å². The van der Waals surface area contributed by atoms with Gasteiger partial charge in [0.1, 0.15) is 0 Å². The quantitative estimate of drug-likeness (QED) is 0.709. The number of benzene rings is 1. The molecule has 1 aromatic rings. The molecule has 4 heteroatoms. The summed E-state index contributed by atoms with van der Waals surface area (Å²) >= 11 is 0. The first-order valence-corrected chi connectivity index (χ1v) is 6.77. The number of hydrogen-bond donors (Lipinski definition) is 2. The lowest BCUT2D eigenvalue weighted by atomic mass is 10.2. The summed E-state index contributed by atoms with van der Waals surface area (Å²) in [4.78, 5) is 11.7. The van der Waals surface area contributed by atoms with E-state index in [1.807, 2.05) is 45.2 Å². The molecule has 2 N–H and O–H groups in total. The molecule has 0 saturated heterocycles.